The van der Waals surface area contributed by atoms with Crippen molar-refractivity contribution < 1.29 is 53.0 Å². The molecule has 1 unspecified atom stereocenters. The number of thiazole rings is 1. The quantitative estimate of drug-likeness (QED) is 0.0434. The number of amides is 5. The van der Waals surface area contributed by atoms with Crippen LogP contribution >= 0.6 is 23.1 Å². The predicted molar refractivity (Wildman–Crippen MR) is 277 cm³/mol. The van der Waals surface area contributed by atoms with E-state index in [0.29, 0.717) is 42.8 Å². The van der Waals surface area contributed by atoms with Crippen molar-refractivity contribution in [1.82, 2.24) is 30.3 Å². The Morgan fingerprint density at radius 2 is 1.69 bits per heavy atom. The second kappa shape index (κ2) is 27.9. The number of benzene rings is 1. The number of carboxylic acid groups (broad SMARTS) is 1. The zero-order valence-electron chi connectivity index (χ0n) is 44.0. The van der Waals surface area contributed by atoms with E-state index in [1.165, 1.54) is 23.6 Å². The van der Waals surface area contributed by atoms with Gasteiger partial charge >= 0.3 is 11.9 Å². The van der Waals surface area contributed by atoms with Crippen LogP contribution < -0.4 is 10.6 Å². The Kier molecular flexibility index (Phi) is 23.1. The average molecular weight is 1040 g/mol. The summed E-state index contributed by atoms with van der Waals surface area (Å²) in [6, 6.07) is 6.14. The van der Waals surface area contributed by atoms with Crippen LogP contribution in [0.1, 0.15) is 152 Å². The number of esters is 1. The van der Waals surface area contributed by atoms with Gasteiger partial charge in [0.2, 0.25) is 23.6 Å². The minimum atomic E-state index is -1.02. The maximum Gasteiger partial charge on any atom is 0.306 e. The number of thioether (sulfide) groups is 1. The SMILES string of the molecule is CC[C@H](C)[C@H](CC(=O)[C@@]1(C)CCCN1C)C(=O)N(C)[C@H](C[C@@H](OC(C)=O)c1nc(C(=O)N[C@@H](Cc2ccc(CC(=O)CNC(=O)CCCCCN3C(=O)CC(SC)C3=O)cc2)C[C@H](C)C(=O)O)cs1)C(C)C. The second-order valence-electron chi connectivity index (χ2n) is 20.4. The smallest absolute Gasteiger partial charge is 0.306 e. The van der Waals surface area contributed by atoms with Crippen LogP contribution in [0, 0.1) is 23.7 Å². The first-order valence-electron chi connectivity index (χ1n) is 25.4. The van der Waals surface area contributed by atoms with E-state index in [0.717, 1.165) is 36.3 Å². The number of unbranched alkanes of at least 4 members (excludes halogenated alkanes) is 2. The lowest BCUT2D eigenvalue weighted by Crippen LogP contribution is -2.50. The normalized spacial score (nSPS) is 19.6. The molecule has 19 heteroatoms. The number of aromatic nitrogens is 1. The molecule has 2 saturated heterocycles. The number of carbonyl (C=O) groups is 9. The lowest BCUT2D eigenvalue weighted by molar-refractivity contribution is -0.150. The number of Topliss-reactive ketones (excluding diaryl/α,β-unsaturated/α-hetero) is 2. The third-order valence-corrected chi connectivity index (χ3v) is 16.5. The predicted octanol–water partition coefficient (Wildman–Crippen LogP) is 6.46. The van der Waals surface area contributed by atoms with E-state index in [-0.39, 0.29) is 109 Å². The molecule has 5 amide bonds. The Labute approximate surface area is 433 Å². The molecule has 3 N–H and O–H groups in total. The van der Waals surface area contributed by atoms with Crippen molar-refractivity contribution in [1.29, 1.82) is 0 Å². The number of rotatable bonds is 30. The van der Waals surface area contributed by atoms with Gasteiger partial charge in [0.25, 0.3) is 5.91 Å². The summed E-state index contributed by atoms with van der Waals surface area (Å²) in [5, 5.41) is 17.0. The number of likely N-dealkylation sites (tertiary alicyclic amines) is 2. The number of likely N-dealkylation sites (N-methyl/N-ethyl adjacent to an activating group) is 1. The fourth-order valence-corrected chi connectivity index (χ4v) is 11.1. The van der Waals surface area contributed by atoms with E-state index in [4.69, 9.17) is 4.74 Å². The first-order chi connectivity index (χ1) is 34.0. The molecular formula is C53H78N6O11S2. The highest BCUT2D eigenvalue weighted by atomic mass is 32.2. The molecule has 1 aromatic carbocycles. The van der Waals surface area contributed by atoms with Gasteiger partial charge in [-0.2, -0.15) is 11.8 Å². The Hall–Kier alpha value is -5.01. The summed E-state index contributed by atoms with van der Waals surface area (Å²) in [4.78, 5) is 126. The number of carbonyl (C=O) groups excluding carboxylic acids is 8. The average Bonchev–Trinajstić information content (AvgIpc) is 4.04. The van der Waals surface area contributed by atoms with Crippen molar-refractivity contribution >= 4 is 76.1 Å². The van der Waals surface area contributed by atoms with Crippen LogP contribution in [0.4, 0.5) is 0 Å². The lowest BCUT2D eigenvalue weighted by atomic mass is 9.80. The molecule has 0 saturated carbocycles. The number of imide groups is 1. The van der Waals surface area contributed by atoms with Crippen molar-refractivity contribution in [3.63, 3.8) is 0 Å². The van der Waals surface area contributed by atoms with Crippen molar-refractivity contribution in [2.75, 3.05) is 40.0 Å². The van der Waals surface area contributed by atoms with Gasteiger partial charge in [0.1, 0.15) is 10.7 Å². The summed E-state index contributed by atoms with van der Waals surface area (Å²) in [5.41, 5.74) is 0.949. The van der Waals surface area contributed by atoms with Gasteiger partial charge in [-0.15, -0.1) is 11.3 Å². The molecule has 0 bridgehead atoms. The summed E-state index contributed by atoms with van der Waals surface area (Å²) < 4.78 is 5.83. The molecule has 0 aliphatic carbocycles. The van der Waals surface area contributed by atoms with Crippen LogP contribution in [0.5, 0.6) is 0 Å². The van der Waals surface area contributed by atoms with Crippen molar-refractivity contribution in [2.45, 2.75) is 161 Å². The molecule has 2 aliphatic rings. The van der Waals surface area contributed by atoms with Gasteiger partial charge in [-0.25, -0.2) is 4.98 Å². The molecule has 8 atom stereocenters. The Balaban J connectivity index is 1.35. The van der Waals surface area contributed by atoms with Gasteiger partial charge in [0.05, 0.1) is 23.3 Å². The van der Waals surface area contributed by atoms with Crippen LogP contribution in [0.2, 0.25) is 0 Å². The molecule has 0 radical (unpaired) electrons. The third-order valence-electron chi connectivity index (χ3n) is 14.6. The van der Waals surface area contributed by atoms with E-state index in [2.05, 4.69) is 20.5 Å². The Morgan fingerprint density at radius 3 is 2.28 bits per heavy atom. The van der Waals surface area contributed by atoms with Crippen LogP contribution in [-0.4, -0.2) is 141 Å². The largest absolute Gasteiger partial charge is 0.481 e. The van der Waals surface area contributed by atoms with Gasteiger partial charge in [-0.05, 0) is 88.3 Å². The highest BCUT2D eigenvalue weighted by molar-refractivity contribution is 8.00. The van der Waals surface area contributed by atoms with Crippen molar-refractivity contribution in [2.24, 2.45) is 23.7 Å². The number of ketones is 2. The highest BCUT2D eigenvalue weighted by Gasteiger charge is 2.44. The molecular weight excluding hydrogens is 961 g/mol. The van der Waals surface area contributed by atoms with Gasteiger partial charge in [0.15, 0.2) is 17.7 Å². The topological polar surface area (TPSA) is 230 Å². The molecule has 2 aromatic rings. The maximum atomic E-state index is 14.4. The molecule has 4 rings (SSSR count). The fourth-order valence-electron chi connectivity index (χ4n) is 9.59. The van der Waals surface area contributed by atoms with Gasteiger partial charge in [-0.3, -0.25) is 53.0 Å². The van der Waals surface area contributed by atoms with E-state index in [1.54, 1.807) is 36.4 Å². The first kappa shape index (κ1) is 59.6. The van der Waals surface area contributed by atoms with Crippen molar-refractivity contribution in [3.05, 3.63) is 51.5 Å². The van der Waals surface area contributed by atoms with Gasteiger partial charge in [-0.1, -0.05) is 71.7 Å². The number of nitrogens with zero attached hydrogens (tertiary/aromatic N) is 4. The van der Waals surface area contributed by atoms with Gasteiger partial charge in [0, 0.05) is 76.0 Å². The molecule has 2 fully saturated rings. The molecule has 1 aromatic heterocycles. The number of nitrogens with one attached hydrogen (secondary N) is 2. The fraction of sp³-hybridized carbons (Fsp3) is 0.660. The molecule has 398 valence electrons. The number of hydrogen-bond donors (Lipinski definition) is 3. The van der Waals surface area contributed by atoms with E-state index in [1.807, 2.05) is 60.1 Å². The van der Waals surface area contributed by atoms with Crippen LogP contribution in [-0.2, 0) is 55.9 Å². The second-order valence-corrected chi connectivity index (χ2v) is 22.3. The van der Waals surface area contributed by atoms with E-state index < -0.39 is 53.4 Å². The Morgan fingerprint density at radius 1 is 1.01 bits per heavy atom. The van der Waals surface area contributed by atoms with E-state index >= 15 is 0 Å². The lowest BCUT2D eigenvalue weighted by Gasteiger charge is -2.38. The summed E-state index contributed by atoms with van der Waals surface area (Å²) in [6.45, 7) is 13.8. The highest BCUT2D eigenvalue weighted by Crippen LogP contribution is 2.35. The van der Waals surface area contributed by atoms with Crippen LogP contribution in [0.15, 0.2) is 29.6 Å². The zero-order valence-corrected chi connectivity index (χ0v) is 45.6. The van der Waals surface area contributed by atoms with Crippen LogP contribution in [0.25, 0.3) is 0 Å². The molecule has 72 heavy (non-hydrogen) atoms. The molecule has 17 nitrogen and oxygen atoms in total. The summed E-state index contributed by atoms with van der Waals surface area (Å²) in [7, 11) is 3.69. The standard InChI is InChI=1S/C53H78N6O11S2/c1-11-33(4)40(27-45(62)53(7)21-15-22-57(53)8)50(66)58(9)42(32(2)3)28-43(70-35(6)60)49-56-41(31-72-49)48(65)55-38(24-34(5)52(68)69)25-36-17-19-37(20-18-36)26-39(61)30-54-46(63)16-13-12-14-23-59-47(64)29-44(71-10)51(59)67/h17-20,31-34,38,40,42-44H,11-16,21-30H2,1-10H3,(H,54,63)(H,55,65)(H,68,69)/t33-,34-,38+,40-,42+,43+,44?,53+/m0/s1. The summed E-state index contributed by atoms with van der Waals surface area (Å²) in [5.74, 6) is -4.43. The minimum absolute atomic E-state index is 0.0556. The number of aliphatic carboxylic acids is 1. The van der Waals surface area contributed by atoms with Crippen LogP contribution in [0.3, 0.4) is 0 Å². The minimum Gasteiger partial charge on any atom is -0.481 e. The van der Waals surface area contributed by atoms with Gasteiger partial charge < -0.3 is 25.4 Å². The molecule has 0 spiro atoms. The zero-order chi connectivity index (χ0) is 53.4. The number of ether oxygens (including phenoxy) is 1. The molecule has 2 aliphatic heterocycles. The summed E-state index contributed by atoms with van der Waals surface area (Å²) in [6.07, 6.45) is 6.36. The van der Waals surface area contributed by atoms with Crippen molar-refractivity contribution in [3.8, 4) is 0 Å². The summed E-state index contributed by atoms with van der Waals surface area (Å²) >= 11 is 2.52. The number of hydrogen-bond acceptors (Lipinski definition) is 14. The maximum absolute atomic E-state index is 14.4. The molecule has 3 heterocycles. The first-order valence-corrected chi connectivity index (χ1v) is 27.6. The Bertz CT molecular complexity index is 2240. The number of carboxylic acids is 1. The third kappa shape index (κ3) is 16.8. The monoisotopic (exact) mass is 1040 g/mol. The van der Waals surface area contributed by atoms with E-state index in [9.17, 15) is 48.3 Å².